The van der Waals surface area contributed by atoms with E-state index < -0.39 is 0 Å². The lowest BCUT2D eigenvalue weighted by Gasteiger charge is -2.19. The normalized spacial score (nSPS) is 12.5. The Labute approximate surface area is 122 Å². The van der Waals surface area contributed by atoms with Crippen LogP contribution in [0.4, 0.5) is 0 Å². The Balaban J connectivity index is 2.21. The molecule has 0 aliphatic carbocycles. The van der Waals surface area contributed by atoms with Crippen molar-refractivity contribution >= 4 is 10.9 Å². The van der Waals surface area contributed by atoms with Gasteiger partial charge in [-0.25, -0.2) is 5.43 Å². The van der Waals surface area contributed by atoms with Crippen molar-refractivity contribution in [3.8, 4) is 5.75 Å². The molecule has 0 saturated carbocycles. The van der Waals surface area contributed by atoms with Gasteiger partial charge in [-0.1, -0.05) is 18.2 Å². The molecule has 1 unspecified atom stereocenters. The third-order valence-corrected chi connectivity index (χ3v) is 3.60. The van der Waals surface area contributed by atoms with Crippen LogP contribution >= 0.6 is 0 Å². The van der Waals surface area contributed by atoms with Gasteiger partial charge in [-0.3, -0.25) is 15.5 Å². The maximum Gasteiger partial charge on any atom is 0.161 e. The zero-order valence-corrected chi connectivity index (χ0v) is 11.9. The van der Waals surface area contributed by atoms with Gasteiger partial charge < -0.3 is 4.74 Å². The van der Waals surface area contributed by atoms with Crippen molar-refractivity contribution < 1.29 is 4.74 Å². The standard InChI is InChI=1S/C15H17N5O/c1-20-15(13(21-2)9-18-20)14(19-16)11-5-3-7-12-10(11)6-4-8-17-12/h3-9,14,19H,16H2,1-2H3. The van der Waals surface area contributed by atoms with E-state index in [0.717, 1.165) is 22.2 Å². The second kappa shape index (κ2) is 5.51. The molecule has 1 atom stereocenters. The van der Waals surface area contributed by atoms with E-state index in [-0.39, 0.29) is 6.04 Å². The molecule has 108 valence electrons. The lowest BCUT2D eigenvalue weighted by atomic mass is 9.99. The van der Waals surface area contributed by atoms with Gasteiger partial charge in [0.2, 0.25) is 0 Å². The fraction of sp³-hybridized carbons (Fsp3) is 0.200. The van der Waals surface area contributed by atoms with E-state index in [0.29, 0.717) is 5.75 Å². The summed E-state index contributed by atoms with van der Waals surface area (Å²) in [6.45, 7) is 0. The number of hydrazine groups is 1. The first-order valence-corrected chi connectivity index (χ1v) is 6.62. The van der Waals surface area contributed by atoms with E-state index in [4.69, 9.17) is 10.6 Å². The summed E-state index contributed by atoms with van der Waals surface area (Å²) in [4.78, 5) is 4.38. The number of aromatic nitrogens is 3. The van der Waals surface area contributed by atoms with Gasteiger partial charge in [-0.15, -0.1) is 0 Å². The van der Waals surface area contributed by atoms with Crippen LogP contribution in [-0.2, 0) is 7.05 Å². The number of aryl methyl sites for hydroxylation is 1. The van der Waals surface area contributed by atoms with Crippen LogP contribution in [0.25, 0.3) is 10.9 Å². The summed E-state index contributed by atoms with van der Waals surface area (Å²) in [7, 11) is 3.49. The molecular weight excluding hydrogens is 266 g/mol. The number of nitrogens with zero attached hydrogens (tertiary/aromatic N) is 3. The number of nitrogens with one attached hydrogen (secondary N) is 1. The van der Waals surface area contributed by atoms with Crippen molar-refractivity contribution in [2.24, 2.45) is 12.9 Å². The molecule has 1 aromatic carbocycles. The summed E-state index contributed by atoms with van der Waals surface area (Å²) in [5.41, 5.74) is 5.69. The van der Waals surface area contributed by atoms with Gasteiger partial charge in [-0.2, -0.15) is 5.10 Å². The summed E-state index contributed by atoms with van der Waals surface area (Å²) in [5.74, 6) is 6.51. The van der Waals surface area contributed by atoms with Gasteiger partial charge in [0.1, 0.15) is 5.69 Å². The zero-order chi connectivity index (χ0) is 14.8. The molecule has 0 aliphatic rings. The zero-order valence-electron chi connectivity index (χ0n) is 11.9. The Morgan fingerprint density at radius 3 is 2.90 bits per heavy atom. The Kier molecular flexibility index (Phi) is 3.55. The number of benzene rings is 1. The van der Waals surface area contributed by atoms with E-state index in [1.54, 1.807) is 24.2 Å². The number of methoxy groups -OCH3 is 1. The quantitative estimate of drug-likeness (QED) is 0.561. The smallest absolute Gasteiger partial charge is 0.161 e. The molecule has 0 saturated heterocycles. The Morgan fingerprint density at radius 2 is 2.14 bits per heavy atom. The highest BCUT2D eigenvalue weighted by molar-refractivity contribution is 5.83. The molecule has 3 N–H and O–H groups in total. The van der Waals surface area contributed by atoms with Crippen molar-refractivity contribution in [3.05, 3.63) is 54.0 Å². The van der Waals surface area contributed by atoms with Crippen molar-refractivity contribution in [1.82, 2.24) is 20.2 Å². The molecule has 6 nitrogen and oxygen atoms in total. The molecule has 0 fully saturated rings. The highest BCUT2D eigenvalue weighted by Crippen LogP contribution is 2.32. The molecule has 3 aromatic rings. The average molecular weight is 283 g/mol. The highest BCUT2D eigenvalue weighted by atomic mass is 16.5. The molecule has 0 spiro atoms. The third-order valence-electron chi connectivity index (χ3n) is 3.60. The van der Waals surface area contributed by atoms with Crippen LogP contribution in [0.3, 0.4) is 0 Å². The fourth-order valence-corrected chi connectivity index (χ4v) is 2.61. The van der Waals surface area contributed by atoms with Gasteiger partial charge >= 0.3 is 0 Å². The SMILES string of the molecule is COc1cnn(C)c1C(NN)c1cccc2ncccc12. The number of hydrogen-bond acceptors (Lipinski definition) is 5. The molecule has 2 aromatic heterocycles. The molecule has 6 heteroatoms. The lowest BCUT2D eigenvalue weighted by molar-refractivity contribution is 0.401. The van der Waals surface area contributed by atoms with Crippen LogP contribution in [0.2, 0.25) is 0 Å². The molecule has 0 bridgehead atoms. The molecule has 0 aliphatic heterocycles. The van der Waals surface area contributed by atoms with Crippen molar-refractivity contribution in [1.29, 1.82) is 0 Å². The van der Waals surface area contributed by atoms with Crippen molar-refractivity contribution in [3.63, 3.8) is 0 Å². The summed E-state index contributed by atoms with van der Waals surface area (Å²) < 4.78 is 7.15. The van der Waals surface area contributed by atoms with E-state index in [2.05, 4.69) is 15.5 Å². The van der Waals surface area contributed by atoms with Gasteiger partial charge in [0.25, 0.3) is 0 Å². The average Bonchev–Trinajstić information content (AvgIpc) is 2.90. The van der Waals surface area contributed by atoms with E-state index >= 15 is 0 Å². The Morgan fingerprint density at radius 1 is 1.29 bits per heavy atom. The number of nitrogens with two attached hydrogens (primary N) is 1. The van der Waals surface area contributed by atoms with Gasteiger partial charge in [0, 0.05) is 18.6 Å². The molecular formula is C15H17N5O. The number of rotatable bonds is 4. The van der Waals surface area contributed by atoms with E-state index in [1.807, 2.05) is 37.4 Å². The minimum absolute atomic E-state index is 0.236. The van der Waals surface area contributed by atoms with Gasteiger partial charge in [0.05, 0.1) is 24.9 Å². The maximum atomic E-state index is 5.81. The highest BCUT2D eigenvalue weighted by Gasteiger charge is 2.23. The predicted octanol–water partition coefficient (Wildman–Crippen LogP) is 1.53. The first-order chi connectivity index (χ1) is 10.3. The van der Waals surface area contributed by atoms with Crippen LogP contribution in [0.15, 0.2) is 42.7 Å². The summed E-state index contributed by atoms with van der Waals surface area (Å²) in [6.07, 6.45) is 3.46. The van der Waals surface area contributed by atoms with E-state index in [1.165, 1.54) is 0 Å². The molecule has 3 rings (SSSR count). The number of hydrogen-bond donors (Lipinski definition) is 2. The van der Waals surface area contributed by atoms with Crippen LogP contribution < -0.4 is 16.0 Å². The number of fused-ring (bicyclic) bond motifs is 1. The van der Waals surface area contributed by atoms with Crippen LogP contribution in [-0.4, -0.2) is 21.9 Å². The van der Waals surface area contributed by atoms with Crippen molar-refractivity contribution in [2.75, 3.05) is 7.11 Å². The number of ether oxygens (including phenoxy) is 1. The maximum absolute atomic E-state index is 5.81. The van der Waals surface area contributed by atoms with Crippen LogP contribution in [0.1, 0.15) is 17.3 Å². The minimum Gasteiger partial charge on any atom is -0.493 e. The Hall–Kier alpha value is -2.44. The summed E-state index contributed by atoms with van der Waals surface area (Å²) in [6, 6.07) is 9.69. The van der Waals surface area contributed by atoms with Gasteiger partial charge in [0.15, 0.2) is 5.75 Å². The first-order valence-electron chi connectivity index (χ1n) is 6.62. The molecule has 0 amide bonds. The number of pyridine rings is 1. The van der Waals surface area contributed by atoms with Crippen LogP contribution in [0.5, 0.6) is 5.75 Å². The molecule has 0 radical (unpaired) electrons. The third kappa shape index (κ3) is 2.24. The second-order valence-corrected chi connectivity index (χ2v) is 4.74. The molecule has 2 heterocycles. The molecule has 21 heavy (non-hydrogen) atoms. The summed E-state index contributed by atoms with van der Waals surface area (Å²) >= 11 is 0. The lowest BCUT2D eigenvalue weighted by Crippen LogP contribution is -2.30. The first kappa shape index (κ1) is 13.5. The van der Waals surface area contributed by atoms with E-state index in [9.17, 15) is 0 Å². The largest absolute Gasteiger partial charge is 0.493 e. The minimum atomic E-state index is -0.236. The predicted molar refractivity (Wildman–Crippen MR) is 80.7 cm³/mol. The second-order valence-electron chi connectivity index (χ2n) is 4.74. The van der Waals surface area contributed by atoms with Gasteiger partial charge in [-0.05, 0) is 17.7 Å². The monoisotopic (exact) mass is 283 g/mol. The fourth-order valence-electron chi connectivity index (χ4n) is 2.61. The van der Waals surface area contributed by atoms with Crippen molar-refractivity contribution in [2.45, 2.75) is 6.04 Å². The Bertz CT molecular complexity index is 762. The topological polar surface area (TPSA) is 78.0 Å². The van der Waals surface area contributed by atoms with Crippen LogP contribution in [0, 0.1) is 0 Å². The summed E-state index contributed by atoms with van der Waals surface area (Å²) in [5, 5.41) is 5.29.